The summed E-state index contributed by atoms with van der Waals surface area (Å²) in [5, 5.41) is 8.76. The molecule has 4 rings (SSSR count). The summed E-state index contributed by atoms with van der Waals surface area (Å²) >= 11 is 0. The van der Waals surface area contributed by atoms with Crippen molar-refractivity contribution in [3.8, 4) is 22.5 Å². The molecule has 0 saturated carbocycles. The van der Waals surface area contributed by atoms with Crippen LogP contribution in [-0.4, -0.2) is 14.8 Å². The number of aromatic nitrogens is 3. The predicted molar refractivity (Wildman–Crippen MR) is 83.8 cm³/mol. The molecule has 0 fully saturated rings. The van der Waals surface area contributed by atoms with Crippen LogP contribution in [0, 0.1) is 0 Å². The molecule has 0 N–H and O–H groups in total. The van der Waals surface area contributed by atoms with E-state index >= 15 is 0 Å². The molecule has 0 bridgehead atoms. The molecule has 0 spiro atoms. The van der Waals surface area contributed by atoms with Crippen molar-refractivity contribution in [2.24, 2.45) is 0 Å². The molecule has 21 heavy (non-hydrogen) atoms. The van der Waals surface area contributed by atoms with E-state index in [0.29, 0.717) is 0 Å². The molecule has 0 radical (unpaired) electrons. The Hall–Kier alpha value is -2.42. The number of hydrogen-bond acceptors (Lipinski definition) is 2. The number of nitrogens with zero attached hydrogens (tertiary/aromatic N) is 3. The van der Waals surface area contributed by atoms with E-state index in [-0.39, 0.29) is 0 Å². The van der Waals surface area contributed by atoms with Crippen molar-refractivity contribution < 1.29 is 0 Å². The van der Waals surface area contributed by atoms with Gasteiger partial charge in [-0.2, -0.15) is 0 Å². The third kappa shape index (κ3) is 2.25. The first-order valence-corrected chi connectivity index (χ1v) is 7.50. The molecule has 3 heteroatoms. The third-order valence-electron chi connectivity index (χ3n) is 4.09. The van der Waals surface area contributed by atoms with E-state index in [0.717, 1.165) is 30.2 Å². The SMILES string of the molecule is c1ccc(-c2cccc(-c3nnc4n3CCCC4)c2)cc1. The summed E-state index contributed by atoms with van der Waals surface area (Å²) < 4.78 is 2.27. The van der Waals surface area contributed by atoms with Crippen LogP contribution in [0.1, 0.15) is 18.7 Å². The molecule has 3 nitrogen and oxygen atoms in total. The molecule has 1 aromatic heterocycles. The van der Waals surface area contributed by atoms with E-state index in [1.807, 2.05) is 6.07 Å². The summed E-state index contributed by atoms with van der Waals surface area (Å²) in [6.45, 7) is 1.03. The second kappa shape index (κ2) is 5.17. The van der Waals surface area contributed by atoms with Crippen molar-refractivity contribution in [2.75, 3.05) is 0 Å². The highest BCUT2D eigenvalue weighted by atomic mass is 15.3. The lowest BCUT2D eigenvalue weighted by atomic mass is 10.0. The molecule has 3 aromatic rings. The minimum atomic E-state index is 1.00. The summed E-state index contributed by atoms with van der Waals surface area (Å²) in [6.07, 6.45) is 3.49. The Labute approximate surface area is 124 Å². The lowest BCUT2D eigenvalue weighted by Gasteiger charge is -2.15. The van der Waals surface area contributed by atoms with Gasteiger partial charge in [0.2, 0.25) is 0 Å². The molecular weight excluding hydrogens is 258 g/mol. The van der Waals surface area contributed by atoms with Crippen LogP contribution in [0.3, 0.4) is 0 Å². The highest BCUT2D eigenvalue weighted by Crippen LogP contribution is 2.27. The Morgan fingerprint density at radius 1 is 0.762 bits per heavy atom. The van der Waals surface area contributed by atoms with Crippen LogP contribution in [0.2, 0.25) is 0 Å². The maximum absolute atomic E-state index is 4.42. The Balaban J connectivity index is 1.78. The van der Waals surface area contributed by atoms with Crippen LogP contribution >= 0.6 is 0 Å². The van der Waals surface area contributed by atoms with Gasteiger partial charge in [-0.1, -0.05) is 48.5 Å². The summed E-state index contributed by atoms with van der Waals surface area (Å²) in [7, 11) is 0. The Morgan fingerprint density at radius 2 is 1.57 bits per heavy atom. The van der Waals surface area contributed by atoms with Gasteiger partial charge in [0.15, 0.2) is 5.82 Å². The monoisotopic (exact) mass is 275 g/mol. The third-order valence-corrected chi connectivity index (χ3v) is 4.09. The van der Waals surface area contributed by atoms with Crippen LogP contribution in [0.4, 0.5) is 0 Å². The van der Waals surface area contributed by atoms with Crippen molar-refractivity contribution in [1.29, 1.82) is 0 Å². The Morgan fingerprint density at radius 3 is 2.48 bits per heavy atom. The highest BCUT2D eigenvalue weighted by Gasteiger charge is 2.17. The summed E-state index contributed by atoms with van der Waals surface area (Å²) in [6, 6.07) is 19.0. The molecule has 2 aromatic carbocycles. The smallest absolute Gasteiger partial charge is 0.163 e. The molecule has 0 unspecified atom stereocenters. The summed E-state index contributed by atoms with van der Waals surface area (Å²) in [5.41, 5.74) is 3.61. The van der Waals surface area contributed by atoms with Gasteiger partial charge in [-0.25, -0.2) is 0 Å². The molecule has 0 saturated heterocycles. The standard InChI is InChI=1S/C18H17N3/c1-2-7-14(8-3-1)15-9-6-10-16(13-15)18-20-19-17-11-4-5-12-21(17)18/h1-3,6-10,13H,4-5,11-12H2. The number of benzene rings is 2. The lowest BCUT2D eigenvalue weighted by molar-refractivity contribution is 0.526. The molecule has 0 aliphatic carbocycles. The van der Waals surface area contributed by atoms with Gasteiger partial charge >= 0.3 is 0 Å². The van der Waals surface area contributed by atoms with Crippen molar-refractivity contribution in [3.63, 3.8) is 0 Å². The molecule has 0 amide bonds. The second-order valence-electron chi connectivity index (χ2n) is 5.50. The van der Waals surface area contributed by atoms with Gasteiger partial charge in [0.25, 0.3) is 0 Å². The van der Waals surface area contributed by atoms with E-state index in [9.17, 15) is 0 Å². The normalized spacial score (nSPS) is 13.9. The van der Waals surface area contributed by atoms with Crippen LogP contribution in [-0.2, 0) is 13.0 Å². The number of hydrogen-bond donors (Lipinski definition) is 0. The fourth-order valence-corrected chi connectivity index (χ4v) is 2.99. The zero-order valence-electron chi connectivity index (χ0n) is 11.9. The zero-order valence-corrected chi connectivity index (χ0v) is 11.9. The summed E-state index contributed by atoms with van der Waals surface area (Å²) in [5.74, 6) is 2.13. The van der Waals surface area contributed by atoms with E-state index in [2.05, 4.69) is 63.3 Å². The van der Waals surface area contributed by atoms with Crippen molar-refractivity contribution >= 4 is 0 Å². The van der Waals surface area contributed by atoms with Crippen molar-refractivity contribution in [3.05, 3.63) is 60.4 Å². The quantitative estimate of drug-likeness (QED) is 0.709. The van der Waals surface area contributed by atoms with Gasteiger partial charge in [0, 0.05) is 18.5 Å². The maximum atomic E-state index is 4.42. The minimum Gasteiger partial charge on any atom is -0.311 e. The lowest BCUT2D eigenvalue weighted by Crippen LogP contribution is -2.11. The molecular formula is C18H17N3. The first-order chi connectivity index (χ1) is 10.4. The highest BCUT2D eigenvalue weighted by molar-refractivity contribution is 5.70. The van der Waals surface area contributed by atoms with Gasteiger partial charge < -0.3 is 4.57 Å². The second-order valence-corrected chi connectivity index (χ2v) is 5.50. The largest absolute Gasteiger partial charge is 0.311 e. The van der Waals surface area contributed by atoms with Gasteiger partial charge in [0.1, 0.15) is 5.82 Å². The van der Waals surface area contributed by atoms with Crippen LogP contribution in [0.25, 0.3) is 22.5 Å². The Bertz CT molecular complexity index is 759. The maximum Gasteiger partial charge on any atom is 0.163 e. The van der Waals surface area contributed by atoms with E-state index in [4.69, 9.17) is 0 Å². The van der Waals surface area contributed by atoms with E-state index < -0.39 is 0 Å². The fraction of sp³-hybridized carbons (Fsp3) is 0.222. The number of aryl methyl sites for hydroxylation is 1. The zero-order chi connectivity index (χ0) is 14.1. The van der Waals surface area contributed by atoms with Crippen molar-refractivity contribution in [2.45, 2.75) is 25.8 Å². The van der Waals surface area contributed by atoms with Gasteiger partial charge in [-0.05, 0) is 30.0 Å². The first kappa shape index (κ1) is 12.3. The molecule has 104 valence electrons. The van der Waals surface area contributed by atoms with Gasteiger partial charge in [0.05, 0.1) is 0 Å². The average molecular weight is 275 g/mol. The van der Waals surface area contributed by atoms with Crippen LogP contribution in [0.15, 0.2) is 54.6 Å². The number of fused-ring (bicyclic) bond motifs is 1. The topological polar surface area (TPSA) is 30.7 Å². The van der Waals surface area contributed by atoms with Gasteiger partial charge in [-0.3, -0.25) is 0 Å². The van der Waals surface area contributed by atoms with Crippen molar-refractivity contribution in [1.82, 2.24) is 14.8 Å². The molecule has 1 aliphatic heterocycles. The molecule has 2 heterocycles. The van der Waals surface area contributed by atoms with Crippen LogP contribution in [0.5, 0.6) is 0 Å². The fourth-order valence-electron chi connectivity index (χ4n) is 2.99. The average Bonchev–Trinajstić information content (AvgIpc) is 3.00. The van der Waals surface area contributed by atoms with Crippen LogP contribution < -0.4 is 0 Å². The number of rotatable bonds is 2. The molecule has 1 aliphatic rings. The Kier molecular flexibility index (Phi) is 3.03. The minimum absolute atomic E-state index is 1.00. The van der Waals surface area contributed by atoms with Gasteiger partial charge in [-0.15, -0.1) is 10.2 Å². The van der Waals surface area contributed by atoms with E-state index in [1.54, 1.807) is 0 Å². The first-order valence-electron chi connectivity index (χ1n) is 7.50. The van der Waals surface area contributed by atoms with E-state index in [1.165, 1.54) is 24.0 Å². The summed E-state index contributed by atoms with van der Waals surface area (Å²) in [4.78, 5) is 0. The molecule has 0 atom stereocenters. The predicted octanol–water partition coefficient (Wildman–Crippen LogP) is 3.95.